The summed E-state index contributed by atoms with van der Waals surface area (Å²) in [6.45, 7) is 4.18. The number of nitrogens with zero attached hydrogens (tertiary/aromatic N) is 2. The Balaban J connectivity index is 1.75. The van der Waals surface area contributed by atoms with Crippen molar-refractivity contribution >= 4 is 15.7 Å². The van der Waals surface area contributed by atoms with Gasteiger partial charge in [0.1, 0.15) is 5.69 Å². The Morgan fingerprint density at radius 2 is 2.06 bits per heavy atom. The lowest BCUT2D eigenvalue weighted by Gasteiger charge is -2.33. The molecule has 1 amide bonds. The van der Waals surface area contributed by atoms with Gasteiger partial charge in [-0.3, -0.25) is 9.89 Å². The van der Waals surface area contributed by atoms with Crippen LogP contribution in [0.25, 0.3) is 0 Å². The van der Waals surface area contributed by atoms with Crippen molar-refractivity contribution < 1.29 is 26.4 Å². The Bertz CT molecular complexity index is 966. The van der Waals surface area contributed by atoms with Crippen LogP contribution < -0.4 is 0 Å². The summed E-state index contributed by atoms with van der Waals surface area (Å²) in [6.07, 6.45) is 4.02. The molecule has 0 radical (unpaired) electrons. The maximum Gasteiger partial charge on any atom is 0.432 e. The van der Waals surface area contributed by atoms with Gasteiger partial charge in [-0.05, 0) is 44.4 Å². The van der Waals surface area contributed by atoms with Gasteiger partial charge in [0.05, 0.1) is 11.0 Å². The predicted octanol–water partition coefficient (Wildman–Crippen LogP) is 4.00. The summed E-state index contributed by atoms with van der Waals surface area (Å²) in [4.78, 5) is 14.5. The Hall–Kier alpha value is -2.10. The van der Waals surface area contributed by atoms with Gasteiger partial charge in [-0.1, -0.05) is 30.7 Å². The summed E-state index contributed by atoms with van der Waals surface area (Å²) in [5.74, 6) is -0.578. The molecule has 6 nitrogen and oxygen atoms in total. The quantitative estimate of drug-likeness (QED) is 0.697. The molecule has 3 rings (SSSR count). The monoisotopic (exact) mass is 459 g/mol. The lowest BCUT2D eigenvalue weighted by atomic mass is 9.91. The van der Waals surface area contributed by atoms with E-state index in [2.05, 4.69) is 5.10 Å². The largest absolute Gasteiger partial charge is 0.432 e. The number of hydrogen-bond acceptors (Lipinski definition) is 4. The van der Waals surface area contributed by atoms with Gasteiger partial charge in [0, 0.05) is 19.2 Å². The topological polar surface area (TPSA) is 83.1 Å². The molecule has 1 aromatic heterocycles. The number of aromatic amines is 1. The van der Waals surface area contributed by atoms with Crippen molar-refractivity contribution in [2.75, 3.05) is 18.8 Å². The molecule has 1 aromatic rings. The zero-order valence-electron chi connectivity index (χ0n) is 17.7. The molecule has 0 aromatic carbocycles. The number of alkyl halides is 3. The fraction of sp³-hybridized carbons (Fsp3) is 0.619. The summed E-state index contributed by atoms with van der Waals surface area (Å²) < 4.78 is 63.5. The Morgan fingerprint density at radius 3 is 2.65 bits per heavy atom. The van der Waals surface area contributed by atoms with E-state index < -0.39 is 27.6 Å². The van der Waals surface area contributed by atoms with Gasteiger partial charge >= 0.3 is 6.18 Å². The molecule has 2 aliphatic rings. The van der Waals surface area contributed by atoms with Gasteiger partial charge in [0.2, 0.25) is 0 Å². The van der Waals surface area contributed by atoms with Crippen LogP contribution in [0.3, 0.4) is 0 Å². The minimum Gasteiger partial charge on any atom is -0.333 e. The second-order valence-corrected chi connectivity index (χ2v) is 11.0. The maximum absolute atomic E-state index is 13.0. The van der Waals surface area contributed by atoms with Crippen LogP contribution >= 0.6 is 0 Å². The number of carbonyl (C=O) groups is 1. The number of rotatable bonds is 6. The first-order chi connectivity index (χ1) is 14.5. The molecule has 3 unspecified atom stereocenters. The summed E-state index contributed by atoms with van der Waals surface area (Å²) in [7, 11) is -3.19. The molecule has 1 aliphatic heterocycles. The Morgan fingerprint density at radius 1 is 1.32 bits per heavy atom. The van der Waals surface area contributed by atoms with Crippen molar-refractivity contribution in [3.63, 3.8) is 0 Å². The highest BCUT2D eigenvalue weighted by Crippen LogP contribution is 2.32. The van der Waals surface area contributed by atoms with Crippen molar-refractivity contribution in [2.24, 2.45) is 11.8 Å². The average molecular weight is 460 g/mol. The molecule has 3 atom stereocenters. The minimum atomic E-state index is -4.61. The summed E-state index contributed by atoms with van der Waals surface area (Å²) in [5, 5.41) is 5.07. The van der Waals surface area contributed by atoms with Crippen LogP contribution in [0.1, 0.15) is 55.7 Å². The van der Waals surface area contributed by atoms with Gasteiger partial charge in [-0.2, -0.15) is 18.3 Å². The van der Waals surface area contributed by atoms with E-state index >= 15 is 0 Å². The van der Waals surface area contributed by atoms with Gasteiger partial charge in [0.15, 0.2) is 15.5 Å². The van der Waals surface area contributed by atoms with Crippen LogP contribution in [0.4, 0.5) is 13.2 Å². The molecule has 172 valence electrons. The maximum atomic E-state index is 13.0. The van der Waals surface area contributed by atoms with E-state index in [0.29, 0.717) is 6.42 Å². The molecular formula is C21H28F3N3O3S. The highest BCUT2D eigenvalue weighted by molar-refractivity contribution is 7.92. The van der Waals surface area contributed by atoms with Gasteiger partial charge in [-0.25, -0.2) is 8.42 Å². The lowest BCUT2D eigenvalue weighted by molar-refractivity contribution is -0.141. The minimum absolute atomic E-state index is 0.0276. The molecule has 0 saturated carbocycles. The molecule has 31 heavy (non-hydrogen) atoms. The van der Waals surface area contributed by atoms with Crippen LogP contribution in [-0.4, -0.2) is 53.5 Å². The first-order valence-corrected chi connectivity index (χ1v) is 12.2. The predicted molar refractivity (Wildman–Crippen MR) is 111 cm³/mol. The number of allylic oxidation sites excluding steroid dienone is 3. The molecular weight excluding hydrogens is 431 g/mol. The number of halogens is 3. The van der Waals surface area contributed by atoms with Crippen LogP contribution in [-0.2, 0) is 16.0 Å². The number of sulfone groups is 1. The third kappa shape index (κ3) is 5.78. The Labute approximate surface area is 180 Å². The molecule has 0 bridgehead atoms. The first-order valence-electron chi connectivity index (χ1n) is 10.5. The van der Waals surface area contributed by atoms with Crippen LogP contribution in [0.2, 0.25) is 0 Å². The van der Waals surface area contributed by atoms with E-state index in [0.717, 1.165) is 30.9 Å². The van der Waals surface area contributed by atoms with Crippen LogP contribution in [0.5, 0.6) is 0 Å². The fourth-order valence-corrected chi connectivity index (χ4v) is 6.26. The Kier molecular flexibility index (Phi) is 6.98. The molecule has 1 aliphatic carbocycles. The van der Waals surface area contributed by atoms with Crippen LogP contribution in [0, 0.1) is 11.8 Å². The van der Waals surface area contributed by atoms with E-state index in [1.54, 1.807) is 6.92 Å². The lowest BCUT2D eigenvalue weighted by Crippen LogP contribution is -2.40. The van der Waals surface area contributed by atoms with Crippen molar-refractivity contribution in [1.82, 2.24) is 15.1 Å². The molecule has 2 heterocycles. The first kappa shape index (κ1) is 23.6. The molecule has 10 heteroatoms. The summed E-state index contributed by atoms with van der Waals surface area (Å²) in [5.41, 5.74) is -0.366. The smallest absolute Gasteiger partial charge is 0.333 e. The SMILES string of the molecule is CC1CC(CCN(CC2=CC=CCC2)C(=O)c2cc(C(F)(F)F)[nH]n2)CS(=O)(=O)C1C. The van der Waals surface area contributed by atoms with E-state index in [4.69, 9.17) is 0 Å². The molecule has 0 spiro atoms. The highest BCUT2D eigenvalue weighted by Gasteiger charge is 2.37. The van der Waals surface area contributed by atoms with Crippen molar-refractivity contribution in [3.8, 4) is 0 Å². The van der Waals surface area contributed by atoms with Crippen molar-refractivity contribution in [1.29, 1.82) is 0 Å². The molecule has 1 saturated heterocycles. The highest BCUT2D eigenvalue weighted by atomic mass is 32.2. The van der Waals surface area contributed by atoms with E-state index in [1.807, 2.05) is 30.3 Å². The number of carbonyl (C=O) groups excluding carboxylic acids is 1. The zero-order chi connectivity index (χ0) is 22.8. The number of H-pyrrole nitrogens is 1. The third-order valence-electron chi connectivity index (χ3n) is 6.23. The van der Waals surface area contributed by atoms with Gasteiger partial charge < -0.3 is 4.90 Å². The van der Waals surface area contributed by atoms with Crippen molar-refractivity contribution in [2.45, 2.75) is 51.0 Å². The average Bonchev–Trinajstić information content (AvgIpc) is 3.20. The normalized spacial score (nSPS) is 25.8. The van der Waals surface area contributed by atoms with E-state index in [-0.39, 0.29) is 41.6 Å². The summed E-state index contributed by atoms with van der Waals surface area (Å²) in [6, 6.07) is 0.722. The second-order valence-electron chi connectivity index (χ2n) is 8.59. The number of hydrogen-bond donors (Lipinski definition) is 1. The third-order valence-corrected chi connectivity index (χ3v) is 8.77. The fourth-order valence-electron chi connectivity index (χ4n) is 4.18. The van der Waals surface area contributed by atoms with Crippen molar-refractivity contribution in [3.05, 3.63) is 41.3 Å². The number of nitrogens with one attached hydrogen (secondary N) is 1. The number of amides is 1. The van der Waals surface area contributed by atoms with Gasteiger partial charge in [0.25, 0.3) is 5.91 Å². The second kappa shape index (κ2) is 9.18. The summed E-state index contributed by atoms with van der Waals surface area (Å²) >= 11 is 0. The molecule has 1 N–H and O–H groups in total. The molecule has 1 fully saturated rings. The standard InChI is InChI=1S/C21H28F3N3O3S/c1-14-10-17(13-31(29,30)15(14)2)8-9-27(12-16-6-4-3-5-7-16)20(28)18-11-19(26-25-18)21(22,23)24/h3-4,6,11,14-15,17H,5,7-10,12-13H2,1-2H3,(H,25,26). The van der Waals surface area contributed by atoms with E-state index in [9.17, 15) is 26.4 Å². The number of aromatic nitrogens is 2. The van der Waals surface area contributed by atoms with Crippen LogP contribution in [0.15, 0.2) is 29.9 Å². The van der Waals surface area contributed by atoms with Gasteiger partial charge in [-0.15, -0.1) is 0 Å². The van der Waals surface area contributed by atoms with E-state index in [1.165, 1.54) is 4.90 Å². The zero-order valence-corrected chi connectivity index (χ0v) is 18.5.